The first-order valence-electron chi connectivity index (χ1n) is 6.07. The highest BCUT2D eigenvalue weighted by Crippen LogP contribution is 2.17. The van der Waals surface area contributed by atoms with Gasteiger partial charge in [-0.1, -0.05) is 25.1 Å². The van der Waals surface area contributed by atoms with Gasteiger partial charge in [0.15, 0.2) is 0 Å². The van der Waals surface area contributed by atoms with Gasteiger partial charge in [0.2, 0.25) is 0 Å². The first kappa shape index (κ1) is 13.6. The van der Waals surface area contributed by atoms with Crippen LogP contribution in [-0.2, 0) is 19.5 Å². The predicted molar refractivity (Wildman–Crippen MR) is 75.1 cm³/mol. The van der Waals surface area contributed by atoms with Crippen LogP contribution in [0.15, 0.2) is 29.6 Å². The average Bonchev–Trinajstić information content (AvgIpc) is 2.87. The van der Waals surface area contributed by atoms with Gasteiger partial charge in [0, 0.05) is 30.1 Å². The molecule has 1 aromatic heterocycles. The van der Waals surface area contributed by atoms with E-state index in [-0.39, 0.29) is 10.6 Å². The standard InChI is InChI=1S/C13H15N3O2S/c1-2-13-15-11(9-19-13)8-14-7-10-5-3-4-6-12(10)16(17)18/h3-6,9,14H,2,7-8H2,1H3. The monoisotopic (exact) mass is 277 g/mol. The van der Waals surface area contributed by atoms with Crippen molar-refractivity contribution in [3.05, 3.63) is 56.0 Å². The third kappa shape index (κ3) is 3.59. The van der Waals surface area contributed by atoms with Crippen molar-refractivity contribution in [2.24, 2.45) is 0 Å². The number of nitrogens with one attached hydrogen (secondary N) is 1. The van der Waals surface area contributed by atoms with E-state index in [4.69, 9.17) is 0 Å². The molecule has 0 fully saturated rings. The number of hydrogen-bond acceptors (Lipinski definition) is 5. The second-order valence-corrected chi connectivity index (χ2v) is 5.02. The third-order valence-electron chi connectivity index (χ3n) is 2.71. The molecule has 0 aliphatic heterocycles. The van der Waals surface area contributed by atoms with E-state index < -0.39 is 0 Å². The summed E-state index contributed by atoms with van der Waals surface area (Å²) >= 11 is 1.64. The predicted octanol–water partition coefficient (Wildman–Crippen LogP) is 2.90. The van der Waals surface area contributed by atoms with Crippen LogP contribution in [0.25, 0.3) is 0 Å². The number of aromatic nitrogens is 1. The van der Waals surface area contributed by atoms with Crippen molar-refractivity contribution >= 4 is 17.0 Å². The molecular weight excluding hydrogens is 262 g/mol. The van der Waals surface area contributed by atoms with Crippen molar-refractivity contribution < 1.29 is 4.92 Å². The van der Waals surface area contributed by atoms with Crippen molar-refractivity contribution in [2.75, 3.05) is 0 Å². The average molecular weight is 277 g/mol. The molecule has 1 N–H and O–H groups in total. The summed E-state index contributed by atoms with van der Waals surface area (Å²) in [7, 11) is 0. The summed E-state index contributed by atoms with van der Waals surface area (Å²) < 4.78 is 0. The number of rotatable bonds is 6. The van der Waals surface area contributed by atoms with Crippen LogP contribution in [0.2, 0.25) is 0 Å². The Hall–Kier alpha value is -1.79. The van der Waals surface area contributed by atoms with Gasteiger partial charge in [0.25, 0.3) is 5.69 Å². The molecule has 0 amide bonds. The molecule has 0 spiro atoms. The molecule has 6 heteroatoms. The maximum absolute atomic E-state index is 10.9. The Morgan fingerprint density at radius 1 is 1.37 bits per heavy atom. The number of nitro benzene ring substituents is 1. The van der Waals surface area contributed by atoms with Crippen molar-refractivity contribution in [3.63, 3.8) is 0 Å². The molecule has 5 nitrogen and oxygen atoms in total. The maximum atomic E-state index is 10.9. The molecular formula is C13H15N3O2S. The smallest absolute Gasteiger partial charge is 0.273 e. The first-order chi connectivity index (χ1) is 9.20. The number of hydrogen-bond donors (Lipinski definition) is 1. The number of thiazole rings is 1. The van der Waals surface area contributed by atoms with Gasteiger partial charge in [-0.3, -0.25) is 10.1 Å². The van der Waals surface area contributed by atoms with Crippen LogP contribution in [0, 0.1) is 10.1 Å². The number of benzene rings is 1. The van der Waals surface area contributed by atoms with Gasteiger partial charge in [-0.25, -0.2) is 4.98 Å². The lowest BCUT2D eigenvalue weighted by atomic mass is 10.2. The van der Waals surface area contributed by atoms with Crippen molar-refractivity contribution in [3.8, 4) is 0 Å². The van der Waals surface area contributed by atoms with Gasteiger partial charge in [0.1, 0.15) is 0 Å². The van der Waals surface area contributed by atoms with Crippen LogP contribution in [0.4, 0.5) is 5.69 Å². The fourth-order valence-corrected chi connectivity index (χ4v) is 2.50. The third-order valence-corrected chi connectivity index (χ3v) is 3.75. The Kier molecular flexibility index (Phi) is 4.59. The number of aryl methyl sites for hydroxylation is 1. The van der Waals surface area contributed by atoms with Crippen LogP contribution >= 0.6 is 11.3 Å². The highest BCUT2D eigenvalue weighted by molar-refractivity contribution is 7.09. The van der Waals surface area contributed by atoms with Crippen molar-refractivity contribution in [1.29, 1.82) is 0 Å². The molecule has 0 atom stereocenters. The maximum Gasteiger partial charge on any atom is 0.273 e. The molecule has 0 saturated heterocycles. The van der Waals surface area contributed by atoms with E-state index >= 15 is 0 Å². The molecule has 100 valence electrons. The molecule has 2 rings (SSSR count). The molecule has 0 aliphatic carbocycles. The molecule has 0 radical (unpaired) electrons. The Morgan fingerprint density at radius 3 is 2.84 bits per heavy atom. The molecule has 19 heavy (non-hydrogen) atoms. The van der Waals surface area contributed by atoms with Crippen molar-refractivity contribution in [1.82, 2.24) is 10.3 Å². The van der Waals surface area contributed by atoms with Gasteiger partial charge in [0.05, 0.1) is 15.6 Å². The van der Waals surface area contributed by atoms with Crippen molar-refractivity contribution in [2.45, 2.75) is 26.4 Å². The van der Waals surface area contributed by atoms with E-state index in [2.05, 4.69) is 17.2 Å². The number of para-hydroxylation sites is 1. The Labute approximate surface area is 115 Å². The number of nitrogens with zero attached hydrogens (tertiary/aromatic N) is 2. The van der Waals surface area contributed by atoms with E-state index in [1.165, 1.54) is 6.07 Å². The lowest BCUT2D eigenvalue weighted by molar-refractivity contribution is -0.385. The fraction of sp³-hybridized carbons (Fsp3) is 0.308. The summed E-state index contributed by atoms with van der Waals surface area (Å²) in [5, 5.41) is 17.2. The molecule has 0 saturated carbocycles. The van der Waals surface area contributed by atoms with Gasteiger partial charge in [-0.15, -0.1) is 11.3 Å². The van der Waals surface area contributed by atoms with Gasteiger partial charge < -0.3 is 5.32 Å². The van der Waals surface area contributed by atoms with Crippen LogP contribution in [-0.4, -0.2) is 9.91 Å². The van der Waals surface area contributed by atoms with E-state index in [1.54, 1.807) is 23.5 Å². The summed E-state index contributed by atoms with van der Waals surface area (Å²) in [5.41, 5.74) is 1.83. The van der Waals surface area contributed by atoms with Gasteiger partial charge in [-0.05, 0) is 6.42 Å². The van der Waals surface area contributed by atoms with Crippen LogP contribution in [0.3, 0.4) is 0 Å². The zero-order chi connectivity index (χ0) is 13.7. The summed E-state index contributed by atoms with van der Waals surface area (Å²) in [6.45, 7) is 3.17. The normalized spacial score (nSPS) is 10.6. The quantitative estimate of drug-likeness (QED) is 0.651. The van der Waals surface area contributed by atoms with E-state index in [9.17, 15) is 10.1 Å². The second-order valence-electron chi connectivity index (χ2n) is 4.08. The largest absolute Gasteiger partial charge is 0.307 e. The van der Waals surface area contributed by atoms with Crippen LogP contribution in [0.1, 0.15) is 23.2 Å². The van der Waals surface area contributed by atoms with E-state index in [0.29, 0.717) is 18.7 Å². The SMILES string of the molecule is CCc1nc(CNCc2ccccc2[N+](=O)[O-])cs1. The van der Waals surface area contributed by atoms with Crippen LogP contribution < -0.4 is 5.32 Å². The zero-order valence-electron chi connectivity index (χ0n) is 10.6. The highest BCUT2D eigenvalue weighted by Gasteiger charge is 2.11. The molecule has 2 aromatic rings. The Bertz CT molecular complexity index is 569. The summed E-state index contributed by atoms with van der Waals surface area (Å²) in [5.74, 6) is 0. The van der Waals surface area contributed by atoms with Gasteiger partial charge >= 0.3 is 0 Å². The summed E-state index contributed by atoms with van der Waals surface area (Å²) in [6.07, 6.45) is 0.939. The minimum atomic E-state index is -0.352. The number of nitro groups is 1. The molecule has 0 aliphatic rings. The zero-order valence-corrected chi connectivity index (χ0v) is 11.4. The summed E-state index contributed by atoms with van der Waals surface area (Å²) in [4.78, 5) is 15.0. The minimum absolute atomic E-state index is 0.155. The molecule has 0 bridgehead atoms. The highest BCUT2D eigenvalue weighted by atomic mass is 32.1. The Balaban J connectivity index is 1.94. The fourth-order valence-electron chi connectivity index (χ4n) is 1.76. The lowest BCUT2D eigenvalue weighted by Crippen LogP contribution is -2.14. The van der Waals surface area contributed by atoms with E-state index in [0.717, 1.165) is 17.1 Å². The van der Waals surface area contributed by atoms with Gasteiger partial charge in [-0.2, -0.15) is 0 Å². The first-order valence-corrected chi connectivity index (χ1v) is 6.95. The molecule has 1 aromatic carbocycles. The van der Waals surface area contributed by atoms with E-state index in [1.807, 2.05) is 11.4 Å². The molecule has 1 heterocycles. The minimum Gasteiger partial charge on any atom is -0.307 e. The lowest BCUT2D eigenvalue weighted by Gasteiger charge is -2.04. The molecule has 0 unspecified atom stereocenters. The topological polar surface area (TPSA) is 68.1 Å². The Morgan fingerprint density at radius 2 is 2.16 bits per heavy atom. The second kappa shape index (κ2) is 6.40. The van der Waals surface area contributed by atoms with Crippen LogP contribution in [0.5, 0.6) is 0 Å². The summed E-state index contributed by atoms with van der Waals surface area (Å²) in [6, 6.07) is 6.77.